The Morgan fingerprint density at radius 2 is 1.92 bits per heavy atom. The van der Waals surface area contributed by atoms with E-state index in [0.717, 1.165) is 36.8 Å². The molecule has 1 atom stereocenters. The fourth-order valence-corrected chi connectivity index (χ4v) is 4.03. The molecule has 1 aromatic carbocycles. The van der Waals surface area contributed by atoms with Gasteiger partial charge in [-0.25, -0.2) is 4.68 Å². The van der Waals surface area contributed by atoms with E-state index in [9.17, 15) is 4.79 Å². The third-order valence-electron chi connectivity index (χ3n) is 4.86. The number of rotatable bonds is 6. The van der Waals surface area contributed by atoms with Gasteiger partial charge in [0.25, 0.3) is 0 Å². The number of tetrazole rings is 1. The summed E-state index contributed by atoms with van der Waals surface area (Å²) < 4.78 is 1.84. The second kappa shape index (κ2) is 7.65. The number of carbonyl (C=O) groups is 1. The van der Waals surface area contributed by atoms with E-state index in [1.165, 1.54) is 36.7 Å². The Labute approximate surface area is 157 Å². The van der Waals surface area contributed by atoms with Gasteiger partial charge in [-0.1, -0.05) is 11.8 Å². The van der Waals surface area contributed by atoms with Crippen LogP contribution in [0.2, 0.25) is 0 Å². The number of hydrogen-bond acceptors (Lipinski definition) is 6. The molecular weight excluding hydrogens is 348 g/mol. The Hall–Kier alpha value is -2.09. The van der Waals surface area contributed by atoms with Crippen molar-refractivity contribution in [3.63, 3.8) is 0 Å². The minimum atomic E-state index is -0.264. The van der Waals surface area contributed by atoms with Crippen LogP contribution in [0.25, 0.3) is 0 Å². The Kier molecular flexibility index (Phi) is 5.10. The van der Waals surface area contributed by atoms with Crippen LogP contribution in [0.15, 0.2) is 29.4 Å². The molecule has 1 aromatic heterocycles. The average molecular weight is 372 g/mol. The van der Waals surface area contributed by atoms with Gasteiger partial charge in [0.2, 0.25) is 11.1 Å². The molecule has 7 nitrogen and oxygen atoms in total. The number of piperidine rings is 1. The number of nitrogens with one attached hydrogen (secondary N) is 1. The van der Waals surface area contributed by atoms with E-state index in [-0.39, 0.29) is 11.2 Å². The van der Waals surface area contributed by atoms with Crippen LogP contribution < -0.4 is 10.2 Å². The molecule has 1 N–H and O–H groups in total. The number of hydrogen-bond donors (Lipinski definition) is 1. The molecule has 0 spiro atoms. The van der Waals surface area contributed by atoms with E-state index in [2.05, 4.69) is 37.9 Å². The van der Waals surface area contributed by atoms with Gasteiger partial charge in [0.05, 0.1) is 11.3 Å². The molecule has 8 heteroatoms. The maximum Gasteiger partial charge on any atom is 0.237 e. The molecule has 1 aliphatic heterocycles. The molecule has 1 saturated carbocycles. The topological polar surface area (TPSA) is 75.9 Å². The third kappa shape index (κ3) is 4.00. The van der Waals surface area contributed by atoms with Crippen molar-refractivity contribution in [3.05, 3.63) is 24.3 Å². The predicted molar refractivity (Wildman–Crippen MR) is 103 cm³/mol. The van der Waals surface area contributed by atoms with Crippen molar-refractivity contribution in [2.75, 3.05) is 23.3 Å². The van der Waals surface area contributed by atoms with E-state index in [0.29, 0.717) is 6.04 Å². The molecule has 26 heavy (non-hydrogen) atoms. The smallest absolute Gasteiger partial charge is 0.237 e. The van der Waals surface area contributed by atoms with E-state index >= 15 is 0 Å². The highest BCUT2D eigenvalue weighted by molar-refractivity contribution is 8.00. The summed E-state index contributed by atoms with van der Waals surface area (Å²) in [4.78, 5) is 14.9. The van der Waals surface area contributed by atoms with E-state index < -0.39 is 0 Å². The van der Waals surface area contributed by atoms with Crippen molar-refractivity contribution in [1.29, 1.82) is 0 Å². The first-order chi connectivity index (χ1) is 12.7. The summed E-state index contributed by atoms with van der Waals surface area (Å²) in [6.07, 6.45) is 6.07. The van der Waals surface area contributed by atoms with Crippen LogP contribution in [0, 0.1) is 0 Å². The van der Waals surface area contributed by atoms with E-state index in [1.54, 1.807) is 0 Å². The first-order valence-corrected chi connectivity index (χ1v) is 10.2. The van der Waals surface area contributed by atoms with Crippen molar-refractivity contribution < 1.29 is 4.79 Å². The Morgan fingerprint density at radius 1 is 1.19 bits per heavy atom. The lowest BCUT2D eigenvalue weighted by molar-refractivity contribution is -0.115. The van der Waals surface area contributed by atoms with E-state index in [4.69, 9.17) is 0 Å². The number of nitrogens with zero attached hydrogens (tertiary/aromatic N) is 5. The number of carbonyl (C=O) groups excluding carboxylic acids is 1. The van der Waals surface area contributed by atoms with Crippen LogP contribution >= 0.6 is 11.8 Å². The second-order valence-electron chi connectivity index (χ2n) is 6.98. The predicted octanol–water partition coefficient (Wildman–Crippen LogP) is 3.12. The molecule has 0 bridgehead atoms. The molecule has 2 fully saturated rings. The largest absolute Gasteiger partial charge is 0.372 e. The molecule has 2 aliphatic rings. The fourth-order valence-electron chi connectivity index (χ4n) is 3.17. The van der Waals surface area contributed by atoms with Gasteiger partial charge in [0.1, 0.15) is 0 Å². The molecule has 138 valence electrons. The maximum absolute atomic E-state index is 12.5. The van der Waals surface area contributed by atoms with Gasteiger partial charge in [0, 0.05) is 24.5 Å². The van der Waals surface area contributed by atoms with Crippen molar-refractivity contribution in [3.8, 4) is 0 Å². The zero-order valence-corrected chi connectivity index (χ0v) is 15.8. The molecule has 2 aromatic rings. The summed E-state index contributed by atoms with van der Waals surface area (Å²) in [5.74, 6) is -0.0360. The molecule has 4 rings (SSSR count). The normalized spacial score (nSPS) is 18.6. The molecule has 1 amide bonds. The maximum atomic E-state index is 12.5. The van der Waals surface area contributed by atoms with Crippen molar-refractivity contribution >= 4 is 29.0 Å². The highest BCUT2D eigenvalue weighted by Gasteiger charge is 2.29. The number of anilines is 2. The minimum Gasteiger partial charge on any atom is -0.372 e. The highest BCUT2D eigenvalue weighted by Crippen LogP contribution is 2.37. The first-order valence-electron chi connectivity index (χ1n) is 9.31. The van der Waals surface area contributed by atoms with Gasteiger partial charge in [-0.3, -0.25) is 4.79 Å². The van der Waals surface area contributed by atoms with Crippen molar-refractivity contribution in [1.82, 2.24) is 20.2 Å². The number of aromatic nitrogens is 4. The Morgan fingerprint density at radius 3 is 2.62 bits per heavy atom. The molecule has 0 unspecified atom stereocenters. The summed E-state index contributed by atoms with van der Waals surface area (Å²) in [5, 5.41) is 15.3. The van der Waals surface area contributed by atoms with Crippen LogP contribution in [0.5, 0.6) is 0 Å². The summed E-state index contributed by atoms with van der Waals surface area (Å²) in [7, 11) is 0. The van der Waals surface area contributed by atoms with E-state index in [1.807, 2.05) is 23.7 Å². The number of thioether (sulfide) groups is 1. The number of amides is 1. The monoisotopic (exact) mass is 372 g/mol. The van der Waals surface area contributed by atoms with Gasteiger partial charge >= 0.3 is 0 Å². The Bertz CT molecular complexity index is 751. The van der Waals surface area contributed by atoms with Gasteiger partial charge < -0.3 is 10.2 Å². The van der Waals surface area contributed by atoms with Gasteiger partial charge in [-0.2, -0.15) is 0 Å². The van der Waals surface area contributed by atoms with Crippen LogP contribution in [0.3, 0.4) is 0 Å². The van der Waals surface area contributed by atoms with Gasteiger partial charge in [-0.05, 0) is 73.7 Å². The molecule has 2 heterocycles. The lowest BCUT2D eigenvalue weighted by atomic mass is 10.1. The first kappa shape index (κ1) is 17.3. The molecule has 1 aliphatic carbocycles. The Balaban J connectivity index is 1.34. The van der Waals surface area contributed by atoms with Crippen LogP contribution in [0.1, 0.15) is 45.1 Å². The summed E-state index contributed by atoms with van der Waals surface area (Å²) in [6.45, 7) is 4.12. The minimum absolute atomic E-state index is 0.0360. The van der Waals surface area contributed by atoms with Crippen molar-refractivity contribution in [2.45, 2.75) is 55.5 Å². The summed E-state index contributed by atoms with van der Waals surface area (Å²) >= 11 is 1.40. The summed E-state index contributed by atoms with van der Waals surface area (Å²) in [5.41, 5.74) is 2.05. The number of benzene rings is 1. The lowest BCUT2D eigenvalue weighted by Gasteiger charge is -2.28. The second-order valence-corrected chi connectivity index (χ2v) is 8.29. The van der Waals surface area contributed by atoms with Crippen molar-refractivity contribution in [2.24, 2.45) is 0 Å². The SMILES string of the molecule is C[C@@H](Sc1nnnn1C1CC1)C(=O)Nc1ccc(N2CCCCC2)cc1. The average Bonchev–Trinajstić information content (AvgIpc) is 3.42. The summed E-state index contributed by atoms with van der Waals surface area (Å²) in [6, 6.07) is 8.55. The molecular formula is C18H24N6OS. The lowest BCUT2D eigenvalue weighted by Crippen LogP contribution is -2.29. The molecule has 1 saturated heterocycles. The fraction of sp³-hybridized carbons (Fsp3) is 0.556. The highest BCUT2D eigenvalue weighted by atomic mass is 32.2. The molecule has 0 radical (unpaired) electrons. The zero-order valence-electron chi connectivity index (χ0n) is 15.0. The van der Waals surface area contributed by atoms with Crippen LogP contribution in [-0.4, -0.2) is 44.5 Å². The zero-order chi connectivity index (χ0) is 17.9. The van der Waals surface area contributed by atoms with Crippen LogP contribution in [0.4, 0.5) is 11.4 Å². The van der Waals surface area contributed by atoms with Gasteiger partial charge in [0.15, 0.2) is 0 Å². The van der Waals surface area contributed by atoms with Crippen LogP contribution in [-0.2, 0) is 4.79 Å². The quantitative estimate of drug-likeness (QED) is 0.785. The van der Waals surface area contributed by atoms with Gasteiger partial charge in [-0.15, -0.1) is 5.10 Å². The standard InChI is InChI=1S/C18H24N6OS/c1-13(26-18-20-21-22-24(18)16-9-10-16)17(25)19-14-5-7-15(8-6-14)23-11-3-2-4-12-23/h5-8,13,16H,2-4,9-12H2,1H3,(H,19,25)/t13-/m1/s1. The third-order valence-corrected chi connectivity index (χ3v) is 5.91.